The fraction of sp³-hybridized carbons (Fsp3) is 0.188. The van der Waals surface area contributed by atoms with E-state index < -0.39 is 17.3 Å². The Hall–Kier alpha value is -5.25. The maximum Gasteiger partial charge on any atom is 0.284 e. The summed E-state index contributed by atoms with van der Waals surface area (Å²) in [6.07, 6.45) is 1.55. The second-order valence-electron chi connectivity index (χ2n) is 9.99. The fourth-order valence-corrected chi connectivity index (χ4v) is 4.55. The van der Waals surface area contributed by atoms with Crippen LogP contribution in [-0.4, -0.2) is 33.1 Å². The van der Waals surface area contributed by atoms with Gasteiger partial charge in [-0.05, 0) is 49.4 Å². The van der Waals surface area contributed by atoms with Gasteiger partial charge in [0.25, 0.3) is 11.5 Å². The maximum absolute atomic E-state index is 15.2. The summed E-state index contributed by atoms with van der Waals surface area (Å²) in [6, 6.07) is 19.6. The second-order valence-corrected chi connectivity index (χ2v) is 9.99. The first-order valence-corrected chi connectivity index (χ1v) is 13.3. The van der Waals surface area contributed by atoms with Crippen LogP contribution in [-0.2, 0) is 11.3 Å². The van der Waals surface area contributed by atoms with Crippen molar-refractivity contribution in [2.75, 3.05) is 12.4 Å². The molecule has 0 radical (unpaired) electrons. The van der Waals surface area contributed by atoms with Crippen molar-refractivity contribution in [1.82, 2.24) is 14.3 Å². The fourth-order valence-electron chi connectivity index (χ4n) is 4.55. The molecule has 0 bridgehead atoms. The Bertz CT molecular complexity index is 1860. The van der Waals surface area contributed by atoms with Crippen molar-refractivity contribution in [3.63, 3.8) is 0 Å². The number of fused-ring (bicyclic) bond motifs is 1. The number of ether oxygens (including phenoxy) is 2. The minimum Gasteiger partial charge on any atom is -0.497 e. The number of anilines is 1. The lowest BCUT2D eigenvalue weighted by Crippen LogP contribution is -2.27. The lowest BCUT2D eigenvalue weighted by atomic mass is 10.1. The Morgan fingerprint density at radius 2 is 1.76 bits per heavy atom. The summed E-state index contributed by atoms with van der Waals surface area (Å²) in [5.41, 5.74) is 0.844. The highest BCUT2D eigenvalue weighted by Gasteiger charge is 2.25. The number of aromatic nitrogens is 3. The standard InChI is InChI=1S/C32H29FN4O5/c1-19(2)27(38)18-36-20(3)30(32(40)37(36)22-8-6-5-7-9-22)31(39)35-21-10-13-29(25(33)16-21)42-28-14-15-34-26-17-23(41-4)11-12-24(26)28/h5-17,19H,18H2,1-4H3,(H,35,39). The zero-order valence-corrected chi connectivity index (χ0v) is 23.6. The van der Waals surface area contributed by atoms with E-state index in [4.69, 9.17) is 9.47 Å². The third kappa shape index (κ3) is 5.51. The predicted octanol–water partition coefficient (Wildman–Crippen LogP) is 5.91. The largest absolute Gasteiger partial charge is 0.497 e. The summed E-state index contributed by atoms with van der Waals surface area (Å²) in [7, 11) is 1.56. The first-order chi connectivity index (χ1) is 20.2. The number of benzene rings is 3. The highest BCUT2D eigenvalue weighted by atomic mass is 19.1. The molecule has 0 spiro atoms. The van der Waals surface area contributed by atoms with Gasteiger partial charge in [-0.25, -0.2) is 9.07 Å². The molecule has 2 heterocycles. The van der Waals surface area contributed by atoms with Crippen molar-refractivity contribution in [2.45, 2.75) is 27.3 Å². The van der Waals surface area contributed by atoms with E-state index >= 15 is 4.39 Å². The number of nitrogens with one attached hydrogen (secondary N) is 1. The van der Waals surface area contributed by atoms with Gasteiger partial charge < -0.3 is 14.8 Å². The van der Waals surface area contributed by atoms with Gasteiger partial charge in [0.05, 0.1) is 30.6 Å². The van der Waals surface area contributed by atoms with Gasteiger partial charge in [0, 0.05) is 35.3 Å². The summed E-state index contributed by atoms with van der Waals surface area (Å²) in [4.78, 5) is 43.8. The molecule has 3 aromatic carbocycles. The number of halogens is 1. The van der Waals surface area contributed by atoms with Gasteiger partial charge in [0.2, 0.25) is 0 Å². The van der Waals surface area contributed by atoms with E-state index in [9.17, 15) is 14.4 Å². The Kier molecular flexibility index (Phi) is 7.88. The smallest absolute Gasteiger partial charge is 0.284 e. The zero-order valence-electron chi connectivity index (χ0n) is 23.6. The van der Waals surface area contributed by atoms with Crippen LogP contribution in [0.5, 0.6) is 17.2 Å². The van der Waals surface area contributed by atoms with Crippen LogP contribution in [0, 0.1) is 18.7 Å². The third-order valence-corrected chi connectivity index (χ3v) is 6.89. The zero-order chi connectivity index (χ0) is 30.0. The molecule has 0 saturated heterocycles. The number of Topliss-reactive ketones (excluding diaryl/α,β-unsaturated/α-hetero) is 1. The molecular weight excluding hydrogens is 539 g/mol. The Morgan fingerprint density at radius 1 is 1.00 bits per heavy atom. The van der Waals surface area contributed by atoms with Gasteiger partial charge in [-0.3, -0.25) is 24.0 Å². The van der Waals surface area contributed by atoms with E-state index in [1.165, 1.54) is 21.5 Å². The normalized spacial score (nSPS) is 11.1. The van der Waals surface area contributed by atoms with E-state index in [-0.39, 0.29) is 35.2 Å². The molecule has 1 N–H and O–H groups in total. The Labute approximate surface area is 241 Å². The van der Waals surface area contributed by atoms with Crippen molar-refractivity contribution in [3.8, 4) is 22.9 Å². The monoisotopic (exact) mass is 568 g/mol. The molecule has 1 amide bonds. The van der Waals surface area contributed by atoms with Crippen LogP contribution in [0.25, 0.3) is 16.6 Å². The van der Waals surface area contributed by atoms with Crippen molar-refractivity contribution in [3.05, 3.63) is 106 Å². The number of methoxy groups -OCH3 is 1. The van der Waals surface area contributed by atoms with Crippen molar-refractivity contribution in [1.29, 1.82) is 0 Å². The molecule has 0 atom stereocenters. The summed E-state index contributed by atoms with van der Waals surface area (Å²) in [5.74, 6) is -0.829. The Morgan fingerprint density at radius 3 is 2.45 bits per heavy atom. The van der Waals surface area contributed by atoms with Gasteiger partial charge in [-0.1, -0.05) is 32.0 Å². The number of nitrogens with zero attached hydrogens (tertiary/aromatic N) is 3. The lowest BCUT2D eigenvalue weighted by Gasteiger charge is -2.14. The molecule has 5 aromatic rings. The summed E-state index contributed by atoms with van der Waals surface area (Å²) >= 11 is 0. The van der Waals surface area contributed by atoms with Crippen LogP contribution in [0.15, 0.2) is 83.8 Å². The SMILES string of the molecule is COc1ccc2c(Oc3ccc(NC(=O)c4c(C)n(CC(=O)C(C)C)n(-c5ccccc5)c4=O)cc3F)ccnc2c1. The van der Waals surface area contributed by atoms with E-state index in [0.717, 1.165) is 6.07 Å². The quantitative estimate of drug-likeness (QED) is 0.237. The van der Waals surface area contributed by atoms with Crippen LogP contribution in [0.1, 0.15) is 29.9 Å². The van der Waals surface area contributed by atoms with Crippen molar-refractivity contribution < 1.29 is 23.5 Å². The molecule has 2 aromatic heterocycles. The molecule has 214 valence electrons. The number of carbonyl (C=O) groups excluding carboxylic acids is 2. The number of amides is 1. The first-order valence-electron chi connectivity index (χ1n) is 13.3. The summed E-state index contributed by atoms with van der Waals surface area (Å²) < 4.78 is 29.1. The molecule has 0 saturated carbocycles. The van der Waals surface area contributed by atoms with Crippen molar-refractivity contribution >= 4 is 28.3 Å². The summed E-state index contributed by atoms with van der Waals surface area (Å²) in [5, 5.41) is 3.28. The van der Waals surface area contributed by atoms with Gasteiger partial charge in [0.15, 0.2) is 17.3 Å². The van der Waals surface area contributed by atoms with E-state index in [0.29, 0.717) is 33.8 Å². The number of hydrogen-bond acceptors (Lipinski definition) is 6. The third-order valence-electron chi connectivity index (χ3n) is 6.89. The van der Waals surface area contributed by atoms with Gasteiger partial charge in [0.1, 0.15) is 17.1 Å². The molecule has 0 fully saturated rings. The number of pyridine rings is 1. The Balaban J connectivity index is 1.43. The number of para-hydroxylation sites is 1. The average Bonchev–Trinajstić information content (AvgIpc) is 3.23. The first kappa shape index (κ1) is 28.3. The predicted molar refractivity (Wildman–Crippen MR) is 157 cm³/mol. The van der Waals surface area contributed by atoms with Gasteiger partial charge in [-0.2, -0.15) is 0 Å². The molecule has 0 unspecified atom stereocenters. The molecule has 10 heteroatoms. The topological polar surface area (TPSA) is 104 Å². The maximum atomic E-state index is 15.2. The van der Waals surface area contributed by atoms with Crippen LogP contribution < -0.4 is 20.3 Å². The van der Waals surface area contributed by atoms with Crippen LogP contribution in [0.4, 0.5) is 10.1 Å². The van der Waals surface area contributed by atoms with Gasteiger partial charge in [-0.15, -0.1) is 0 Å². The van der Waals surface area contributed by atoms with Crippen LogP contribution in [0.2, 0.25) is 0 Å². The number of carbonyl (C=O) groups is 2. The van der Waals surface area contributed by atoms with E-state index in [1.54, 1.807) is 88.7 Å². The molecule has 0 aliphatic heterocycles. The number of hydrogen-bond donors (Lipinski definition) is 1. The second kappa shape index (κ2) is 11.7. The number of ketones is 1. The summed E-state index contributed by atoms with van der Waals surface area (Å²) in [6.45, 7) is 5.07. The van der Waals surface area contributed by atoms with Crippen molar-refractivity contribution in [2.24, 2.45) is 5.92 Å². The minimum atomic E-state index is -0.722. The van der Waals surface area contributed by atoms with E-state index in [2.05, 4.69) is 10.3 Å². The molecule has 42 heavy (non-hydrogen) atoms. The van der Waals surface area contributed by atoms with Crippen LogP contribution >= 0.6 is 0 Å². The molecule has 9 nitrogen and oxygen atoms in total. The van der Waals surface area contributed by atoms with E-state index in [1.807, 2.05) is 0 Å². The van der Waals surface area contributed by atoms with Crippen LogP contribution in [0.3, 0.4) is 0 Å². The average molecular weight is 569 g/mol. The molecule has 0 aliphatic carbocycles. The molecule has 0 aliphatic rings. The lowest BCUT2D eigenvalue weighted by molar-refractivity contribution is -0.122. The number of rotatable bonds is 9. The minimum absolute atomic E-state index is 0.0581. The van der Waals surface area contributed by atoms with Gasteiger partial charge >= 0.3 is 0 Å². The highest BCUT2D eigenvalue weighted by molar-refractivity contribution is 6.05. The molecular formula is C32H29FN4O5. The highest BCUT2D eigenvalue weighted by Crippen LogP contribution is 2.33. The molecule has 5 rings (SSSR count).